The summed E-state index contributed by atoms with van der Waals surface area (Å²) in [5.41, 5.74) is 12.3. The van der Waals surface area contributed by atoms with E-state index in [-0.39, 0.29) is 7.92 Å². The molecule has 198 valence electrons. The van der Waals surface area contributed by atoms with Crippen LogP contribution in [0.25, 0.3) is 0 Å². The van der Waals surface area contributed by atoms with Crippen LogP contribution in [-0.2, 0) is 0 Å². The second-order valence-electron chi connectivity index (χ2n) is 10.2. The van der Waals surface area contributed by atoms with Crippen LogP contribution in [0.3, 0.4) is 0 Å². The number of anilines is 6. The predicted octanol–water partition coefficient (Wildman–Crippen LogP) is 5.07. The van der Waals surface area contributed by atoms with E-state index in [4.69, 9.17) is 15.5 Å². The van der Waals surface area contributed by atoms with Crippen LogP contribution in [-0.4, -0.2) is 68.5 Å². The number of nitrogens with two attached hydrogens (primary N) is 1. The molecule has 0 bridgehead atoms. The third kappa shape index (κ3) is 6.25. The Morgan fingerprint density at radius 3 is 2.43 bits per heavy atom. The van der Waals surface area contributed by atoms with Gasteiger partial charge in [0.1, 0.15) is 11.6 Å². The lowest BCUT2D eigenvalue weighted by Crippen LogP contribution is -2.42. The number of hydrogen-bond donors (Lipinski definition) is 3. The molecule has 4 rings (SSSR count). The minimum atomic E-state index is -0.269. The summed E-state index contributed by atoms with van der Waals surface area (Å²) in [5, 5.41) is 8.19. The Bertz CT molecular complexity index is 1240. The van der Waals surface area contributed by atoms with Crippen molar-refractivity contribution >= 4 is 47.7 Å². The van der Waals surface area contributed by atoms with Crippen LogP contribution in [0.5, 0.6) is 5.75 Å². The first kappa shape index (κ1) is 27.0. The van der Waals surface area contributed by atoms with E-state index in [1.54, 1.807) is 7.11 Å². The predicted molar refractivity (Wildman–Crippen MR) is 159 cm³/mol. The molecular formula is C28H40N7OP. The van der Waals surface area contributed by atoms with Gasteiger partial charge in [0.05, 0.1) is 24.2 Å². The fraction of sp³-hybridized carbons (Fsp3) is 0.429. The first-order valence-corrected chi connectivity index (χ1v) is 14.9. The molecule has 9 heteroatoms. The minimum Gasteiger partial charge on any atom is -0.494 e. The fourth-order valence-corrected chi connectivity index (χ4v) is 5.82. The van der Waals surface area contributed by atoms with Crippen LogP contribution in [0.2, 0.25) is 0 Å². The number of benzene rings is 2. The molecule has 3 aromatic rings. The molecule has 8 nitrogen and oxygen atoms in total. The van der Waals surface area contributed by atoms with Gasteiger partial charge in [-0.15, -0.1) is 0 Å². The summed E-state index contributed by atoms with van der Waals surface area (Å²) in [6.07, 6.45) is 4.05. The Labute approximate surface area is 222 Å². The van der Waals surface area contributed by atoms with E-state index >= 15 is 0 Å². The van der Waals surface area contributed by atoms with E-state index in [1.165, 1.54) is 10.9 Å². The topological polar surface area (TPSA) is 91.6 Å². The number of nitrogen functional groups attached to an aromatic ring is 1. The number of aromatic nitrogens is 2. The molecule has 0 radical (unpaired) electrons. The molecule has 2 heterocycles. The summed E-state index contributed by atoms with van der Waals surface area (Å²) in [7, 11) is 5.71. The first-order chi connectivity index (χ1) is 17.7. The second kappa shape index (κ2) is 11.5. The third-order valence-electron chi connectivity index (χ3n) is 6.99. The van der Waals surface area contributed by atoms with E-state index in [0.717, 1.165) is 54.4 Å². The zero-order valence-corrected chi connectivity index (χ0v) is 24.0. The Balaban J connectivity index is 1.56. The van der Waals surface area contributed by atoms with Gasteiger partial charge < -0.3 is 30.9 Å². The zero-order chi connectivity index (χ0) is 26.7. The average Bonchev–Trinajstić information content (AvgIpc) is 2.87. The van der Waals surface area contributed by atoms with Crippen molar-refractivity contribution in [2.24, 2.45) is 0 Å². The summed E-state index contributed by atoms with van der Waals surface area (Å²) < 4.78 is 5.74. The third-order valence-corrected chi connectivity index (χ3v) is 8.32. The number of piperidine rings is 1. The van der Waals surface area contributed by atoms with Gasteiger partial charge in [0.25, 0.3) is 0 Å². The van der Waals surface area contributed by atoms with Gasteiger partial charge in [0, 0.05) is 42.6 Å². The molecule has 0 amide bonds. The van der Waals surface area contributed by atoms with Gasteiger partial charge in [-0.1, -0.05) is 19.6 Å². The van der Waals surface area contributed by atoms with Gasteiger partial charge in [-0.2, -0.15) is 4.98 Å². The van der Waals surface area contributed by atoms with E-state index < -0.39 is 0 Å². The number of nitrogens with zero attached hydrogens (tertiary/aromatic N) is 4. The van der Waals surface area contributed by atoms with Gasteiger partial charge in [0.15, 0.2) is 0 Å². The molecule has 0 saturated carbocycles. The highest BCUT2D eigenvalue weighted by atomic mass is 31.1. The smallest absolute Gasteiger partial charge is 0.229 e. The molecule has 1 aliphatic heterocycles. The molecule has 1 saturated heterocycles. The van der Waals surface area contributed by atoms with Gasteiger partial charge in [-0.25, -0.2) is 4.98 Å². The Kier molecular flexibility index (Phi) is 8.40. The molecule has 0 atom stereocenters. The van der Waals surface area contributed by atoms with Crippen molar-refractivity contribution in [3.8, 4) is 5.75 Å². The molecule has 0 aliphatic carbocycles. The highest BCUT2D eigenvalue weighted by Crippen LogP contribution is 2.38. The van der Waals surface area contributed by atoms with E-state index in [2.05, 4.69) is 78.0 Å². The summed E-state index contributed by atoms with van der Waals surface area (Å²) in [6.45, 7) is 10.6. The van der Waals surface area contributed by atoms with Crippen molar-refractivity contribution in [1.82, 2.24) is 14.9 Å². The highest BCUT2D eigenvalue weighted by Gasteiger charge is 2.23. The van der Waals surface area contributed by atoms with E-state index in [0.29, 0.717) is 23.4 Å². The molecule has 0 spiro atoms. The van der Waals surface area contributed by atoms with E-state index in [9.17, 15) is 0 Å². The Morgan fingerprint density at radius 2 is 1.78 bits per heavy atom. The molecule has 1 aromatic heterocycles. The Morgan fingerprint density at radius 1 is 1.05 bits per heavy atom. The van der Waals surface area contributed by atoms with Crippen LogP contribution >= 0.6 is 7.92 Å². The lowest BCUT2D eigenvalue weighted by atomic mass is 10.0. The van der Waals surface area contributed by atoms with Gasteiger partial charge in [0.2, 0.25) is 5.95 Å². The number of rotatable bonds is 8. The molecule has 1 fully saturated rings. The Hall–Kier alpha value is -3.09. The summed E-state index contributed by atoms with van der Waals surface area (Å²) in [5.74, 6) is 1.96. The van der Waals surface area contributed by atoms with Crippen molar-refractivity contribution in [3.63, 3.8) is 0 Å². The number of nitrogens with one attached hydrogen (secondary N) is 2. The lowest BCUT2D eigenvalue weighted by Gasteiger charge is -2.37. The van der Waals surface area contributed by atoms with Crippen molar-refractivity contribution in [3.05, 3.63) is 47.7 Å². The van der Waals surface area contributed by atoms with Gasteiger partial charge in [-0.3, -0.25) is 0 Å². The normalized spacial score (nSPS) is 14.4. The quantitative estimate of drug-likeness (QED) is 0.280. The molecule has 1 aliphatic rings. The minimum absolute atomic E-state index is 0.269. The maximum Gasteiger partial charge on any atom is 0.229 e. The SMILES string of the molecule is COc1cc(N2CCC(N(C)C)CC2)c(N)cc1Nc1ncc(C)c(Nc2ccc(C)cc2P(C)C)n1. The maximum atomic E-state index is 6.54. The summed E-state index contributed by atoms with van der Waals surface area (Å²) in [6, 6.07) is 11.1. The molecule has 0 unspecified atom stereocenters. The van der Waals surface area contributed by atoms with Crippen LogP contribution in [0, 0.1) is 13.8 Å². The monoisotopic (exact) mass is 521 g/mol. The van der Waals surface area contributed by atoms with Crippen molar-refractivity contribution in [2.45, 2.75) is 32.7 Å². The van der Waals surface area contributed by atoms with E-state index in [1.807, 2.05) is 25.3 Å². The zero-order valence-electron chi connectivity index (χ0n) is 23.1. The van der Waals surface area contributed by atoms with Crippen molar-refractivity contribution in [1.29, 1.82) is 0 Å². The first-order valence-electron chi connectivity index (χ1n) is 12.7. The molecule has 2 aromatic carbocycles. The van der Waals surface area contributed by atoms with Gasteiger partial charge >= 0.3 is 0 Å². The van der Waals surface area contributed by atoms with Crippen LogP contribution < -0.4 is 31.3 Å². The van der Waals surface area contributed by atoms with Crippen LogP contribution in [0.15, 0.2) is 36.5 Å². The highest BCUT2D eigenvalue weighted by molar-refractivity contribution is 7.64. The fourth-order valence-electron chi connectivity index (χ4n) is 4.74. The molecule has 4 N–H and O–H groups in total. The summed E-state index contributed by atoms with van der Waals surface area (Å²) >= 11 is 0. The number of ether oxygens (including phenoxy) is 1. The molecule has 37 heavy (non-hydrogen) atoms. The number of methoxy groups -OCH3 is 1. The summed E-state index contributed by atoms with van der Waals surface area (Å²) in [4.78, 5) is 14.0. The number of hydrogen-bond acceptors (Lipinski definition) is 8. The standard InChI is InChI=1S/C28H40N7OP/c1-18-8-9-22(26(14-18)37(6)7)31-27-19(2)17-30-28(33-27)32-23-15-21(29)24(16-25(23)36-5)35-12-10-20(11-13-35)34(3)4/h8-9,14-17,20H,10-13,29H2,1-7H3,(H2,30,31,32,33). The lowest BCUT2D eigenvalue weighted by molar-refractivity contribution is 0.249. The average molecular weight is 522 g/mol. The van der Waals surface area contributed by atoms with Crippen LogP contribution in [0.1, 0.15) is 24.0 Å². The number of aryl methyl sites for hydroxylation is 2. The maximum absolute atomic E-state index is 6.54. The molecular weight excluding hydrogens is 481 g/mol. The van der Waals surface area contributed by atoms with Crippen molar-refractivity contribution < 1.29 is 4.74 Å². The van der Waals surface area contributed by atoms with Crippen LogP contribution in [0.4, 0.5) is 34.5 Å². The second-order valence-corrected chi connectivity index (χ2v) is 12.5. The largest absolute Gasteiger partial charge is 0.494 e. The van der Waals surface area contributed by atoms with Crippen molar-refractivity contribution in [2.75, 3.05) is 68.9 Å². The van der Waals surface area contributed by atoms with Gasteiger partial charge in [-0.05, 0) is 77.6 Å².